The van der Waals surface area contributed by atoms with E-state index in [0.717, 1.165) is 18.4 Å². The van der Waals surface area contributed by atoms with Gasteiger partial charge in [0.1, 0.15) is 6.10 Å². The Morgan fingerprint density at radius 3 is 2.61 bits per heavy atom. The number of amides is 1. The van der Waals surface area contributed by atoms with E-state index in [1.54, 1.807) is 0 Å². The Morgan fingerprint density at radius 1 is 1.21 bits per heavy atom. The minimum absolute atomic E-state index is 0.0231. The molecule has 28 heavy (non-hydrogen) atoms. The van der Waals surface area contributed by atoms with Crippen LogP contribution in [0.15, 0.2) is 30.3 Å². The van der Waals surface area contributed by atoms with Gasteiger partial charge in [0.05, 0.1) is 30.4 Å². The Morgan fingerprint density at radius 2 is 1.93 bits per heavy atom. The van der Waals surface area contributed by atoms with Gasteiger partial charge in [0.15, 0.2) is 0 Å². The second-order valence-electron chi connectivity index (χ2n) is 8.01. The van der Waals surface area contributed by atoms with Crippen molar-refractivity contribution in [1.82, 2.24) is 9.21 Å². The van der Waals surface area contributed by atoms with E-state index in [1.165, 1.54) is 4.31 Å². The van der Waals surface area contributed by atoms with Crippen LogP contribution in [0.25, 0.3) is 0 Å². The zero-order chi connectivity index (χ0) is 20.3. The third-order valence-electron chi connectivity index (χ3n) is 5.84. The van der Waals surface area contributed by atoms with Crippen molar-refractivity contribution < 1.29 is 17.9 Å². The molecule has 4 atom stereocenters. The van der Waals surface area contributed by atoms with Gasteiger partial charge in [-0.25, -0.2) is 12.7 Å². The van der Waals surface area contributed by atoms with Crippen molar-refractivity contribution in [2.45, 2.75) is 58.2 Å². The summed E-state index contributed by atoms with van der Waals surface area (Å²) in [5.41, 5.74) is 1.07. The van der Waals surface area contributed by atoms with Crippen molar-refractivity contribution in [2.75, 3.05) is 25.4 Å². The molecule has 6 nitrogen and oxygen atoms in total. The molecule has 4 unspecified atom stereocenters. The zero-order valence-electron chi connectivity index (χ0n) is 17.1. The van der Waals surface area contributed by atoms with Crippen molar-refractivity contribution >= 4 is 15.9 Å². The lowest BCUT2D eigenvalue weighted by atomic mass is 9.93. The number of carbonyl (C=O) groups excluding carboxylic acids is 1. The molecular weight excluding hydrogens is 376 g/mol. The van der Waals surface area contributed by atoms with Gasteiger partial charge in [-0.1, -0.05) is 37.3 Å². The number of morpholine rings is 1. The van der Waals surface area contributed by atoms with Crippen molar-refractivity contribution in [3.8, 4) is 0 Å². The highest BCUT2D eigenvalue weighted by atomic mass is 32.2. The second-order valence-corrected chi connectivity index (χ2v) is 10.1. The van der Waals surface area contributed by atoms with Gasteiger partial charge >= 0.3 is 0 Å². The summed E-state index contributed by atoms with van der Waals surface area (Å²) in [6.45, 7) is 7.20. The Bertz CT molecular complexity index is 768. The quantitative estimate of drug-likeness (QED) is 0.751. The van der Waals surface area contributed by atoms with Gasteiger partial charge in [-0.3, -0.25) is 4.79 Å². The van der Waals surface area contributed by atoms with Crippen molar-refractivity contribution in [3.63, 3.8) is 0 Å². The van der Waals surface area contributed by atoms with E-state index in [0.29, 0.717) is 26.1 Å². The fourth-order valence-electron chi connectivity index (χ4n) is 4.44. The third kappa shape index (κ3) is 4.42. The van der Waals surface area contributed by atoms with Gasteiger partial charge in [0, 0.05) is 13.1 Å². The normalized spacial score (nSPS) is 29.6. The minimum atomic E-state index is -3.27. The average molecular weight is 409 g/mol. The third-order valence-corrected chi connectivity index (χ3v) is 7.88. The van der Waals surface area contributed by atoms with E-state index in [1.807, 2.05) is 56.0 Å². The van der Waals surface area contributed by atoms with Crippen LogP contribution in [0.2, 0.25) is 0 Å². The molecule has 0 radical (unpaired) electrons. The lowest BCUT2D eigenvalue weighted by Gasteiger charge is -2.46. The first-order valence-corrected chi connectivity index (χ1v) is 11.9. The maximum atomic E-state index is 13.4. The van der Waals surface area contributed by atoms with Crippen LogP contribution < -0.4 is 0 Å². The van der Waals surface area contributed by atoms with Crippen LogP contribution >= 0.6 is 0 Å². The Hall–Kier alpha value is -1.44. The minimum Gasteiger partial charge on any atom is -0.369 e. The summed E-state index contributed by atoms with van der Waals surface area (Å²) in [6, 6.07) is 9.86. The Labute approximate surface area is 168 Å². The van der Waals surface area contributed by atoms with E-state index in [4.69, 9.17) is 4.74 Å². The van der Waals surface area contributed by atoms with Gasteiger partial charge < -0.3 is 9.64 Å². The molecule has 2 aliphatic heterocycles. The summed E-state index contributed by atoms with van der Waals surface area (Å²) in [6.07, 6.45) is 1.90. The molecule has 0 aromatic heterocycles. The second kappa shape index (κ2) is 8.93. The highest BCUT2D eigenvalue weighted by Crippen LogP contribution is 2.33. The van der Waals surface area contributed by atoms with Crippen LogP contribution in [-0.4, -0.2) is 61.1 Å². The first-order chi connectivity index (χ1) is 13.3. The number of hydrogen-bond acceptors (Lipinski definition) is 4. The monoisotopic (exact) mass is 408 g/mol. The first kappa shape index (κ1) is 21.3. The number of sulfonamides is 1. The van der Waals surface area contributed by atoms with Crippen molar-refractivity contribution in [3.05, 3.63) is 35.9 Å². The predicted molar refractivity (Wildman–Crippen MR) is 109 cm³/mol. The summed E-state index contributed by atoms with van der Waals surface area (Å²) in [5.74, 6) is -0.0746. The Balaban J connectivity index is 1.76. The van der Waals surface area contributed by atoms with Crippen LogP contribution in [0.1, 0.15) is 51.7 Å². The van der Waals surface area contributed by atoms with Crippen LogP contribution in [-0.2, 0) is 19.6 Å². The number of rotatable bonds is 5. The number of piperidine rings is 1. The summed E-state index contributed by atoms with van der Waals surface area (Å²) >= 11 is 0. The van der Waals surface area contributed by atoms with Gasteiger partial charge in [-0.15, -0.1) is 0 Å². The highest BCUT2D eigenvalue weighted by molar-refractivity contribution is 7.89. The molecule has 1 amide bonds. The molecule has 7 heteroatoms. The van der Waals surface area contributed by atoms with Gasteiger partial charge in [0.25, 0.3) is 0 Å². The summed E-state index contributed by atoms with van der Waals surface area (Å²) in [7, 11) is -3.27. The maximum absolute atomic E-state index is 13.4. The first-order valence-electron chi connectivity index (χ1n) is 10.3. The van der Waals surface area contributed by atoms with Crippen LogP contribution in [0.3, 0.4) is 0 Å². The van der Waals surface area contributed by atoms with Crippen LogP contribution in [0, 0.1) is 5.92 Å². The highest BCUT2D eigenvalue weighted by Gasteiger charge is 2.41. The molecule has 2 saturated heterocycles. The molecule has 2 aliphatic rings. The molecule has 0 spiro atoms. The molecule has 2 heterocycles. The van der Waals surface area contributed by atoms with Crippen LogP contribution in [0.5, 0.6) is 0 Å². The summed E-state index contributed by atoms with van der Waals surface area (Å²) in [4.78, 5) is 15.4. The van der Waals surface area contributed by atoms with Gasteiger partial charge in [-0.05, 0) is 38.7 Å². The molecule has 0 saturated carbocycles. The van der Waals surface area contributed by atoms with E-state index in [9.17, 15) is 13.2 Å². The largest absolute Gasteiger partial charge is 0.369 e. The lowest BCUT2D eigenvalue weighted by molar-refractivity contribution is -0.158. The standard InChI is InChI=1S/C21H32N2O4S/c1-4-13-28(25,26)22-12-8-11-19(14-22)21(24)23-16(2)15-27-20(17(23)3)18-9-6-5-7-10-18/h5-7,9-10,16-17,19-20H,4,8,11-15H2,1-3H3. The number of ether oxygens (including phenoxy) is 1. The van der Waals surface area contributed by atoms with E-state index >= 15 is 0 Å². The van der Waals surface area contributed by atoms with E-state index in [-0.39, 0.29) is 35.8 Å². The predicted octanol–water partition coefficient (Wildman–Crippen LogP) is 2.82. The molecule has 1 aromatic rings. The van der Waals surface area contributed by atoms with Crippen LogP contribution in [0.4, 0.5) is 0 Å². The molecule has 156 valence electrons. The SMILES string of the molecule is CCCS(=O)(=O)N1CCCC(C(=O)N2C(C)COC(c3ccccc3)C2C)C1. The van der Waals surface area contributed by atoms with Crippen molar-refractivity contribution in [2.24, 2.45) is 5.92 Å². The van der Waals surface area contributed by atoms with E-state index < -0.39 is 10.0 Å². The topological polar surface area (TPSA) is 66.9 Å². The number of benzene rings is 1. The Kier molecular flexibility index (Phi) is 6.78. The summed E-state index contributed by atoms with van der Waals surface area (Å²) in [5, 5.41) is 0. The maximum Gasteiger partial charge on any atom is 0.227 e. The molecule has 0 bridgehead atoms. The fourth-order valence-corrected chi connectivity index (χ4v) is 6.03. The molecule has 0 aliphatic carbocycles. The molecule has 3 rings (SSSR count). The number of hydrogen-bond donors (Lipinski definition) is 0. The fraction of sp³-hybridized carbons (Fsp3) is 0.667. The molecule has 1 aromatic carbocycles. The zero-order valence-corrected chi connectivity index (χ0v) is 17.9. The number of carbonyl (C=O) groups is 1. The van der Waals surface area contributed by atoms with E-state index in [2.05, 4.69) is 0 Å². The molecule has 2 fully saturated rings. The number of nitrogens with zero attached hydrogens (tertiary/aromatic N) is 2. The van der Waals surface area contributed by atoms with Gasteiger partial charge in [-0.2, -0.15) is 0 Å². The van der Waals surface area contributed by atoms with Crippen molar-refractivity contribution in [1.29, 1.82) is 0 Å². The molecule has 0 N–H and O–H groups in total. The van der Waals surface area contributed by atoms with Gasteiger partial charge in [0.2, 0.25) is 15.9 Å². The average Bonchev–Trinajstić information content (AvgIpc) is 2.69. The smallest absolute Gasteiger partial charge is 0.227 e. The lowest BCUT2D eigenvalue weighted by Crippen LogP contribution is -2.57. The summed E-state index contributed by atoms with van der Waals surface area (Å²) < 4.78 is 32.5. The molecular formula is C21H32N2O4S.